The van der Waals surface area contributed by atoms with E-state index in [1.54, 1.807) is 0 Å². The Balaban J connectivity index is -0.0000000133. The number of aliphatic hydroxyl groups is 1. The Morgan fingerprint density at radius 2 is 2.17 bits per heavy atom. The van der Waals surface area contributed by atoms with Gasteiger partial charge in [0.15, 0.2) is 0 Å². The van der Waals surface area contributed by atoms with Gasteiger partial charge < -0.3 is 5.11 Å². The smallest absolute Gasteiger partial charge is 0.0430 e. The molecule has 0 aromatic carbocycles. The number of hydrogen-bond donors (Lipinski definition) is 1. The molecule has 0 fully saturated rings. The predicted molar refractivity (Wildman–Crippen MR) is 34.1 cm³/mol. The standard InChI is InChI=1S/C4H10O.Sb.3H2/c1-2-3-4-5;;;;/h5H,2-4H2,1H3;;3*1H. The minimum atomic E-state index is 0. The van der Waals surface area contributed by atoms with E-state index < -0.39 is 0 Å². The van der Waals surface area contributed by atoms with Crippen LogP contribution in [0.15, 0.2) is 0 Å². The molecule has 0 bridgehead atoms. The van der Waals surface area contributed by atoms with E-state index in [4.69, 9.17) is 5.11 Å². The number of unbranched alkanes of at least 4 members (excludes halogenated alkanes) is 1. The van der Waals surface area contributed by atoms with Gasteiger partial charge in [0.05, 0.1) is 0 Å². The zero-order valence-electron chi connectivity index (χ0n) is 4.02. The fourth-order valence-electron chi connectivity index (χ4n) is 0.158. The molecule has 0 aliphatic heterocycles. The van der Waals surface area contributed by atoms with Crippen LogP contribution in [-0.4, -0.2) is 36.1 Å². The Morgan fingerprint density at radius 3 is 2.17 bits per heavy atom. The van der Waals surface area contributed by atoms with Gasteiger partial charge in [-0.05, 0) is 6.42 Å². The van der Waals surface area contributed by atoms with E-state index in [0.29, 0.717) is 6.61 Å². The third kappa shape index (κ3) is 8.84. The van der Waals surface area contributed by atoms with E-state index in [1.165, 1.54) is 0 Å². The summed E-state index contributed by atoms with van der Waals surface area (Å²) in [5.74, 6) is 0. The summed E-state index contributed by atoms with van der Waals surface area (Å²) in [4.78, 5) is 0. The molecule has 0 saturated heterocycles. The van der Waals surface area contributed by atoms with E-state index in [0.717, 1.165) is 12.8 Å². The van der Waals surface area contributed by atoms with Crippen molar-refractivity contribution in [3.05, 3.63) is 0 Å². The number of rotatable bonds is 2. The average Bonchev–Trinajstić information content (AvgIpc) is 1.41. The number of hydrogen-bond acceptors (Lipinski definition) is 1. The molecule has 3 radical (unpaired) electrons. The van der Waals surface area contributed by atoms with E-state index >= 15 is 0 Å². The summed E-state index contributed by atoms with van der Waals surface area (Å²) in [6, 6.07) is 0. The summed E-state index contributed by atoms with van der Waals surface area (Å²) >= 11 is 0. The van der Waals surface area contributed by atoms with Crippen LogP contribution in [0.1, 0.15) is 24.0 Å². The fraction of sp³-hybridized carbons (Fsp3) is 1.00. The first-order valence-electron chi connectivity index (χ1n) is 2.02. The van der Waals surface area contributed by atoms with Crippen molar-refractivity contribution in [2.45, 2.75) is 19.8 Å². The average molecular weight is 202 g/mol. The molecule has 0 aromatic rings. The van der Waals surface area contributed by atoms with Crippen molar-refractivity contribution < 1.29 is 9.39 Å². The van der Waals surface area contributed by atoms with Crippen molar-refractivity contribution in [2.24, 2.45) is 0 Å². The van der Waals surface area contributed by atoms with Crippen LogP contribution < -0.4 is 0 Å². The molecule has 1 N–H and O–H groups in total. The van der Waals surface area contributed by atoms with Crippen molar-refractivity contribution >= 4 is 24.4 Å². The fourth-order valence-corrected chi connectivity index (χ4v) is 0.158. The monoisotopic (exact) mass is 201 g/mol. The Kier molecular flexibility index (Phi) is 15.3. The van der Waals surface area contributed by atoms with Crippen molar-refractivity contribution in [1.29, 1.82) is 0 Å². The van der Waals surface area contributed by atoms with E-state index in [1.807, 2.05) is 0 Å². The first kappa shape index (κ1) is 9.91. The molecular formula is C4H16OSb. The van der Waals surface area contributed by atoms with Crippen LogP contribution in [0.3, 0.4) is 0 Å². The molecule has 0 atom stereocenters. The van der Waals surface area contributed by atoms with Gasteiger partial charge in [-0.1, -0.05) is 13.3 Å². The zero-order valence-corrected chi connectivity index (χ0v) is 6.57. The molecule has 1 nitrogen and oxygen atoms in total. The molecule has 0 heterocycles. The summed E-state index contributed by atoms with van der Waals surface area (Å²) in [6.07, 6.45) is 2.04. The van der Waals surface area contributed by atoms with Gasteiger partial charge >= 0.3 is 0 Å². The molecule has 43 valence electrons. The maximum Gasteiger partial charge on any atom is 0.0430 e. The van der Waals surface area contributed by atoms with Crippen LogP contribution in [0.2, 0.25) is 0 Å². The summed E-state index contributed by atoms with van der Waals surface area (Å²) in [7, 11) is 0. The quantitative estimate of drug-likeness (QED) is 0.665. The van der Waals surface area contributed by atoms with Crippen LogP contribution in [0, 0.1) is 0 Å². The summed E-state index contributed by atoms with van der Waals surface area (Å²) in [6.45, 7) is 2.40. The van der Waals surface area contributed by atoms with Crippen LogP contribution in [0.4, 0.5) is 0 Å². The van der Waals surface area contributed by atoms with Crippen LogP contribution >= 0.6 is 0 Å². The molecule has 6 heavy (non-hydrogen) atoms. The Hall–Kier alpha value is 0.778. The zero-order chi connectivity index (χ0) is 4.12. The van der Waals surface area contributed by atoms with Crippen molar-refractivity contribution in [3.8, 4) is 0 Å². The predicted octanol–water partition coefficient (Wildman–Crippen LogP) is 1.14. The van der Waals surface area contributed by atoms with Gasteiger partial charge in [0.2, 0.25) is 0 Å². The van der Waals surface area contributed by atoms with E-state index in [-0.39, 0.29) is 28.7 Å². The van der Waals surface area contributed by atoms with E-state index in [9.17, 15) is 0 Å². The minimum absolute atomic E-state index is 0. The topological polar surface area (TPSA) is 20.2 Å². The van der Waals surface area contributed by atoms with Gasteiger partial charge in [-0.15, -0.1) is 0 Å². The Morgan fingerprint density at radius 1 is 1.67 bits per heavy atom. The largest absolute Gasteiger partial charge is 0.396 e. The molecule has 0 rings (SSSR count). The molecule has 0 aliphatic rings. The first-order chi connectivity index (χ1) is 2.41. The van der Waals surface area contributed by atoms with Gasteiger partial charge in [-0.3, -0.25) is 0 Å². The molecular weight excluding hydrogens is 186 g/mol. The molecule has 2 heteroatoms. The van der Waals surface area contributed by atoms with Crippen molar-refractivity contribution in [2.75, 3.05) is 6.61 Å². The molecule has 0 unspecified atom stereocenters. The SMILES string of the molecule is CCCCO.[HH].[HH].[HH].[Sb]. The van der Waals surface area contributed by atoms with Crippen LogP contribution in [-0.2, 0) is 0 Å². The van der Waals surface area contributed by atoms with Gasteiger partial charge in [-0.2, -0.15) is 0 Å². The first-order valence-corrected chi connectivity index (χ1v) is 2.02. The Bertz CT molecular complexity index is 23.3. The molecule has 0 aromatic heterocycles. The minimum Gasteiger partial charge on any atom is -0.396 e. The third-order valence-corrected chi connectivity index (χ3v) is 0.512. The second-order valence-corrected chi connectivity index (χ2v) is 1.08. The van der Waals surface area contributed by atoms with Gasteiger partial charge in [0, 0.05) is 35.3 Å². The van der Waals surface area contributed by atoms with Crippen molar-refractivity contribution in [1.82, 2.24) is 0 Å². The number of aliphatic hydroxyl groups excluding tert-OH is 1. The van der Waals surface area contributed by atoms with Gasteiger partial charge in [-0.25, -0.2) is 0 Å². The van der Waals surface area contributed by atoms with E-state index in [2.05, 4.69) is 6.92 Å². The normalized spacial score (nSPS) is 7.00. The molecule has 0 saturated carbocycles. The summed E-state index contributed by atoms with van der Waals surface area (Å²) in [5, 5.41) is 8.07. The molecule has 0 spiro atoms. The van der Waals surface area contributed by atoms with Crippen LogP contribution in [0.25, 0.3) is 0 Å². The van der Waals surface area contributed by atoms with Gasteiger partial charge in [0.1, 0.15) is 0 Å². The summed E-state index contributed by atoms with van der Waals surface area (Å²) < 4.78 is 0. The van der Waals surface area contributed by atoms with Crippen LogP contribution in [0.5, 0.6) is 0 Å². The maximum atomic E-state index is 8.07. The summed E-state index contributed by atoms with van der Waals surface area (Å²) in [5.41, 5.74) is 0. The second kappa shape index (κ2) is 9.24. The third-order valence-electron chi connectivity index (χ3n) is 0.512. The second-order valence-electron chi connectivity index (χ2n) is 1.08. The maximum absolute atomic E-state index is 8.07. The van der Waals surface area contributed by atoms with Crippen molar-refractivity contribution in [3.63, 3.8) is 0 Å². The Labute approximate surface area is 60.7 Å². The molecule has 0 amide bonds. The van der Waals surface area contributed by atoms with Gasteiger partial charge in [0.25, 0.3) is 0 Å². The molecule has 0 aliphatic carbocycles.